The lowest BCUT2D eigenvalue weighted by atomic mass is 10.1. The van der Waals surface area contributed by atoms with E-state index in [0.717, 1.165) is 32.1 Å². The minimum atomic E-state index is -3.90. The van der Waals surface area contributed by atoms with Gasteiger partial charge in [-0.1, -0.05) is 70.4 Å². The summed E-state index contributed by atoms with van der Waals surface area (Å²) in [4.78, 5) is 11.9. The second-order valence-electron chi connectivity index (χ2n) is 7.06. The predicted molar refractivity (Wildman–Crippen MR) is 113 cm³/mol. The number of amides is 1. The van der Waals surface area contributed by atoms with Crippen molar-refractivity contribution in [3.8, 4) is 0 Å². The molecule has 0 fully saturated rings. The van der Waals surface area contributed by atoms with Gasteiger partial charge in [-0.25, -0.2) is 4.31 Å². The molecule has 0 heterocycles. The molecule has 0 aliphatic carbocycles. The molecule has 0 aliphatic heterocycles. The highest BCUT2D eigenvalue weighted by Crippen LogP contribution is 2.11. The average molecular weight is 404 g/mol. The molecule has 0 bridgehead atoms. The van der Waals surface area contributed by atoms with Crippen molar-refractivity contribution < 1.29 is 17.4 Å². The molecular weight excluding hydrogens is 362 g/mol. The molecule has 0 rings (SSSR count). The highest BCUT2D eigenvalue weighted by molar-refractivity contribution is 7.84. The zero-order valence-electron chi connectivity index (χ0n) is 17.7. The van der Waals surface area contributed by atoms with Crippen molar-refractivity contribution in [2.75, 3.05) is 13.7 Å². The lowest BCUT2D eigenvalue weighted by Crippen LogP contribution is -2.34. The summed E-state index contributed by atoms with van der Waals surface area (Å²) in [5.74, 6) is -0.402. The first-order valence-corrected chi connectivity index (χ1v) is 12.1. The maximum absolute atomic E-state index is 11.9. The molecule has 0 atom stereocenters. The maximum atomic E-state index is 11.9. The fraction of sp³-hybridized carbons (Fsp3) is 0.857. The summed E-state index contributed by atoms with van der Waals surface area (Å²) in [6.45, 7) is 3.87. The molecule has 0 N–H and O–H groups in total. The van der Waals surface area contributed by atoms with Gasteiger partial charge in [0.1, 0.15) is 0 Å². The molecule has 0 aliphatic rings. The van der Waals surface area contributed by atoms with Crippen LogP contribution in [0.4, 0.5) is 0 Å². The summed E-state index contributed by atoms with van der Waals surface area (Å²) in [5.41, 5.74) is 0. The summed E-state index contributed by atoms with van der Waals surface area (Å²) in [6, 6.07) is 0. The maximum Gasteiger partial charge on any atom is 0.364 e. The molecule has 27 heavy (non-hydrogen) atoms. The third-order valence-corrected chi connectivity index (χ3v) is 6.01. The Hall–Kier alpha value is -0.880. The molecule has 0 radical (unpaired) electrons. The van der Waals surface area contributed by atoms with E-state index in [2.05, 4.69) is 23.3 Å². The molecule has 6 heteroatoms. The number of hydrogen-bond acceptors (Lipinski definition) is 4. The standard InChI is InChI=1S/C21H41NO4S/c1-4-6-7-8-9-10-11-12-13-14-15-16-17-18-19-20-21(23)22(3)27(24,25)26-5-2/h12-13H,4-11,14-20H2,1-3H3/b13-12-. The monoisotopic (exact) mass is 403 g/mol. The third-order valence-electron chi connectivity index (χ3n) is 4.61. The Bertz CT molecular complexity index is 488. The van der Waals surface area contributed by atoms with E-state index in [1.54, 1.807) is 6.92 Å². The predicted octanol–water partition coefficient (Wildman–Crippen LogP) is 5.76. The van der Waals surface area contributed by atoms with Gasteiger partial charge in [-0.15, -0.1) is 0 Å². The molecule has 0 unspecified atom stereocenters. The van der Waals surface area contributed by atoms with E-state index in [1.807, 2.05) is 0 Å². The van der Waals surface area contributed by atoms with Gasteiger partial charge in [0.15, 0.2) is 0 Å². The van der Waals surface area contributed by atoms with Crippen LogP contribution in [0.15, 0.2) is 12.2 Å². The molecule has 0 saturated carbocycles. The van der Waals surface area contributed by atoms with Crippen molar-refractivity contribution in [2.24, 2.45) is 0 Å². The fourth-order valence-electron chi connectivity index (χ4n) is 2.86. The first-order chi connectivity index (χ1) is 13.0. The SMILES string of the molecule is CCCCCCCC/C=C\CCCCCCCC(=O)N(C)S(=O)(=O)OCC. The second-order valence-corrected chi connectivity index (χ2v) is 8.70. The van der Waals surface area contributed by atoms with Gasteiger partial charge in [-0.05, 0) is 39.0 Å². The van der Waals surface area contributed by atoms with Crippen LogP contribution in [-0.2, 0) is 19.3 Å². The minimum Gasteiger partial charge on any atom is -0.274 e. The quantitative estimate of drug-likeness (QED) is 0.215. The summed E-state index contributed by atoms with van der Waals surface area (Å²) >= 11 is 0. The molecule has 0 spiro atoms. The second kappa shape index (κ2) is 17.2. The van der Waals surface area contributed by atoms with Crippen molar-refractivity contribution in [3.63, 3.8) is 0 Å². The van der Waals surface area contributed by atoms with Gasteiger partial charge in [0.05, 0.1) is 6.61 Å². The molecule has 160 valence electrons. The lowest BCUT2D eigenvalue weighted by Gasteiger charge is -2.16. The minimum absolute atomic E-state index is 0.0351. The number of carbonyl (C=O) groups excluding carboxylic acids is 1. The van der Waals surface area contributed by atoms with E-state index in [9.17, 15) is 13.2 Å². The molecule has 0 saturated heterocycles. The Morgan fingerprint density at radius 2 is 1.30 bits per heavy atom. The van der Waals surface area contributed by atoms with E-state index in [-0.39, 0.29) is 13.0 Å². The number of hydrogen-bond donors (Lipinski definition) is 0. The zero-order chi connectivity index (χ0) is 20.4. The smallest absolute Gasteiger partial charge is 0.274 e. The van der Waals surface area contributed by atoms with Crippen molar-refractivity contribution in [3.05, 3.63) is 12.2 Å². The molecule has 0 aromatic rings. The Labute approximate surface area is 167 Å². The van der Waals surface area contributed by atoms with Crippen LogP contribution >= 0.6 is 0 Å². The van der Waals surface area contributed by atoms with Gasteiger partial charge in [0.25, 0.3) is 0 Å². The van der Waals surface area contributed by atoms with Crippen LogP contribution in [-0.4, -0.2) is 32.3 Å². The van der Waals surface area contributed by atoms with E-state index in [0.29, 0.717) is 4.31 Å². The topological polar surface area (TPSA) is 63.7 Å². The Morgan fingerprint density at radius 1 is 0.815 bits per heavy atom. The summed E-state index contributed by atoms with van der Waals surface area (Å²) in [6.07, 6.45) is 20.4. The Balaban J connectivity index is 3.52. The summed E-state index contributed by atoms with van der Waals surface area (Å²) in [7, 11) is -2.65. The average Bonchev–Trinajstić information content (AvgIpc) is 2.64. The van der Waals surface area contributed by atoms with Gasteiger partial charge in [0, 0.05) is 13.5 Å². The van der Waals surface area contributed by atoms with Crippen LogP contribution in [0.3, 0.4) is 0 Å². The first-order valence-electron chi connectivity index (χ1n) is 10.8. The fourth-order valence-corrected chi connectivity index (χ4v) is 3.65. The van der Waals surface area contributed by atoms with Crippen LogP contribution < -0.4 is 0 Å². The normalized spacial score (nSPS) is 12.0. The molecule has 1 amide bonds. The van der Waals surface area contributed by atoms with E-state index in [1.165, 1.54) is 58.4 Å². The lowest BCUT2D eigenvalue weighted by molar-refractivity contribution is -0.126. The van der Waals surface area contributed by atoms with Crippen LogP contribution in [0.25, 0.3) is 0 Å². The first kappa shape index (κ1) is 26.1. The zero-order valence-corrected chi connectivity index (χ0v) is 18.6. The highest BCUT2D eigenvalue weighted by atomic mass is 32.2. The van der Waals surface area contributed by atoms with Crippen molar-refractivity contribution in [2.45, 2.75) is 104 Å². The Kier molecular flexibility index (Phi) is 16.7. The summed E-state index contributed by atoms with van der Waals surface area (Å²) in [5, 5.41) is 0. The van der Waals surface area contributed by atoms with Gasteiger partial charge in [-0.3, -0.25) is 8.98 Å². The molecular formula is C21H41NO4S. The van der Waals surface area contributed by atoms with Crippen LogP contribution in [0.5, 0.6) is 0 Å². The van der Waals surface area contributed by atoms with Gasteiger partial charge in [0.2, 0.25) is 5.91 Å². The Morgan fingerprint density at radius 3 is 1.81 bits per heavy atom. The van der Waals surface area contributed by atoms with Crippen molar-refractivity contribution >= 4 is 16.2 Å². The van der Waals surface area contributed by atoms with E-state index in [4.69, 9.17) is 0 Å². The van der Waals surface area contributed by atoms with Crippen LogP contribution in [0.1, 0.15) is 104 Å². The number of carbonyl (C=O) groups is 1. The van der Waals surface area contributed by atoms with Gasteiger partial charge >= 0.3 is 10.3 Å². The van der Waals surface area contributed by atoms with E-state index < -0.39 is 16.2 Å². The number of rotatable bonds is 18. The number of unbranched alkanes of at least 4 members (excludes halogenated alkanes) is 11. The van der Waals surface area contributed by atoms with Crippen LogP contribution in [0, 0.1) is 0 Å². The number of nitrogens with zero attached hydrogens (tertiary/aromatic N) is 1. The van der Waals surface area contributed by atoms with E-state index >= 15 is 0 Å². The number of allylic oxidation sites excluding steroid dienone is 2. The van der Waals surface area contributed by atoms with Gasteiger partial charge < -0.3 is 0 Å². The van der Waals surface area contributed by atoms with Crippen molar-refractivity contribution in [1.82, 2.24) is 4.31 Å². The third kappa shape index (κ3) is 14.8. The molecule has 0 aromatic heterocycles. The largest absolute Gasteiger partial charge is 0.364 e. The van der Waals surface area contributed by atoms with Gasteiger partial charge in [-0.2, -0.15) is 8.42 Å². The van der Waals surface area contributed by atoms with Crippen molar-refractivity contribution in [1.29, 1.82) is 0 Å². The van der Waals surface area contributed by atoms with Crippen LogP contribution in [0.2, 0.25) is 0 Å². The highest BCUT2D eigenvalue weighted by Gasteiger charge is 2.22. The molecule has 0 aromatic carbocycles. The summed E-state index contributed by atoms with van der Waals surface area (Å²) < 4.78 is 28.5. The molecule has 5 nitrogen and oxygen atoms in total.